The van der Waals surface area contributed by atoms with E-state index in [1.807, 2.05) is 60.7 Å². The molecule has 0 bridgehead atoms. The van der Waals surface area contributed by atoms with Crippen LogP contribution in [-0.2, 0) is 4.79 Å². The average Bonchev–Trinajstić information content (AvgIpc) is 2.69. The van der Waals surface area contributed by atoms with Gasteiger partial charge in [-0.2, -0.15) is 0 Å². The van der Waals surface area contributed by atoms with Gasteiger partial charge in [-0.3, -0.25) is 14.2 Å². The van der Waals surface area contributed by atoms with Gasteiger partial charge in [0, 0.05) is 18.2 Å². The number of fused-ring (bicyclic) bond motifs is 1. The summed E-state index contributed by atoms with van der Waals surface area (Å²) in [5.74, 6) is 0.423. The molecule has 0 fully saturated rings. The van der Waals surface area contributed by atoms with Gasteiger partial charge in [-0.1, -0.05) is 30.3 Å². The number of hydrogen-bond donors (Lipinski definition) is 1. The van der Waals surface area contributed by atoms with Gasteiger partial charge in [-0.25, -0.2) is 4.98 Å². The van der Waals surface area contributed by atoms with Gasteiger partial charge in [-0.15, -0.1) is 0 Å². The number of amides is 1. The SMILES string of the molecule is CC(=O)Nc1ccc(-c2nc3ccccc3c(=O)n2-c2ccccc2)cc1. The minimum atomic E-state index is -0.132. The molecule has 1 heterocycles. The second-order valence-electron chi connectivity index (χ2n) is 6.19. The largest absolute Gasteiger partial charge is 0.326 e. The Balaban J connectivity index is 1.96. The van der Waals surface area contributed by atoms with Gasteiger partial charge in [0.15, 0.2) is 0 Å². The summed E-state index contributed by atoms with van der Waals surface area (Å²) < 4.78 is 1.62. The van der Waals surface area contributed by atoms with Crippen LogP contribution in [-0.4, -0.2) is 15.5 Å². The van der Waals surface area contributed by atoms with Crippen LogP contribution in [0.2, 0.25) is 0 Å². The van der Waals surface area contributed by atoms with Crippen LogP contribution in [0, 0.1) is 0 Å². The summed E-state index contributed by atoms with van der Waals surface area (Å²) in [6.07, 6.45) is 0. The molecule has 4 aromatic rings. The molecular weight excluding hydrogens is 338 g/mol. The van der Waals surface area contributed by atoms with Crippen LogP contribution in [0.25, 0.3) is 28.0 Å². The highest BCUT2D eigenvalue weighted by molar-refractivity contribution is 5.89. The first-order valence-corrected chi connectivity index (χ1v) is 8.59. The maximum atomic E-state index is 13.2. The average molecular weight is 355 g/mol. The van der Waals surface area contributed by atoms with Crippen LogP contribution in [0.5, 0.6) is 0 Å². The van der Waals surface area contributed by atoms with E-state index in [2.05, 4.69) is 5.32 Å². The molecule has 5 heteroatoms. The van der Waals surface area contributed by atoms with Crippen molar-refractivity contribution >= 4 is 22.5 Å². The van der Waals surface area contributed by atoms with Gasteiger partial charge in [0.1, 0.15) is 5.82 Å². The fourth-order valence-corrected chi connectivity index (χ4v) is 3.05. The molecule has 0 atom stereocenters. The molecule has 4 rings (SSSR count). The summed E-state index contributed by atoms with van der Waals surface area (Å²) in [4.78, 5) is 29.2. The fraction of sp³-hybridized carbons (Fsp3) is 0.0455. The van der Waals surface area contributed by atoms with E-state index in [0.717, 1.165) is 11.3 Å². The van der Waals surface area contributed by atoms with Crippen molar-refractivity contribution in [1.82, 2.24) is 9.55 Å². The number of anilines is 1. The number of hydrogen-bond acceptors (Lipinski definition) is 3. The van der Waals surface area contributed by atoms with Crippen molar-refractivity contribution in [2.75, 3.05) is 5.32 Å². The predicted molar refractivity (Wildman–Crippen MR) is 107 cm³/mol. The maximum absolute atomic E-state index is 13.2. The van der Waals surface area contributed by atoms with Crippen molar-refractivity contribution in [2.45, 2.75) is 6.92 Å². The summed E-state index contributed by atoms with van der Waals surface area (Å²) in [7, 11) is 0. The van der Waals surface area contributed by atoms with Crippen LogP contribution >= 0.6 is 0 Å². The molecule has 1 amide bonds. The summed E-state index contributed by atoms with van der Waals surface area (Å²) in [6.45, 7) is 1.46. The molecule has 0 radical (unpaired) electrons. The van der Waals surface area contributed by atoms with Gasteiger partial charge in [0.05, 0.1) is 16.6 Å². The van der Waals surface area contributed by atoms with E-state index >= 15 is 0 Å². The van der Waals surface area contributed by atoms with Crippen LogP contribution in [0.4, 0.5) is 5.69 Å². The fourth-order valence-electron chi connectivity index (χ4n) is 3.05. The number of nitrogens with zero attached hydrogens (tertiary/aromatic N) is 2. The summed E-state index contributed by atoms with van der Waals surface area (Å²) >= 11 is 0. The molecular formula is C22H17N3O2. The number of nitrogens with one attached hydrogen (secondary N) is 1. The van der Waals surface area contributed by atoms with Crippen molar-refractivity contribution < 1.29 is 4.79 Å². The Morgan fingerprint density at radius 2 is 1.56 bits per heavy atom. The predicted octanol–water partition coefficient (Wildman–Crippen LogP) is 4.01. The molecule has 1 N–H and O–H groups in total. The first-order chi connectivity index (χ1) is 13.1. The van der Waals surface area contributed by atoms with Crippen LogP contribution < -0.4 is 10.9 Å². The van der Waals surface area contributed by atoms with E-state index in [1.165, 1.54) is 6.92 Å². The first kappa shape index (κ1) is 16.7. The lowest BCUT2D eigenvalue weighted by Crippen LogP contribution is -2.21. The molecule has 0 saturated heterocycles. The second kappa shape index (κ2) is 6.88. The van der Waals surface area contributed by atoms with Gasteiger partial charge >= 0.3 is 0 Å². The molecule has 0 saturated carbocycles. The molecule has 1 aromatic heterocycles. The van der Waals surface area contributed by atoms with E-state index in [0.29, 0.717) is 22.4 Å². The number of carbonyl (C=O) groups is 1. The molecule has 5 nitrogen and oxygen atoms in total. The Morgan fingerprint density at radius 3 is 2.26 bits per heavy atom. The zero-order valence-corrected chi connectivity index (χ0v) is 14.7. The van der Waals surface area contributed by atoms with E-state index in [4.69, 9.17) is 4.98 Å². The lowest BCUT2D eigenvalue weighted by molar-refractivity contribution is -0.114. The minimum Gasteiger partial charge on any atom is -0.326 e. The lowest BCUT2D eigenvalue weighted by atomic mass is 10.1. The summed E-state index contributed by atoms with van der Waals surface area (Å²) in [5.41, 5.74) is 2.77. The number of rotatable bonds is 3. The number of benzene rings is 3. The quantitative estimate of drug-likeness (QED) is 0.604. The van der Waals surface area contributed by atoms with E-state index < -0.39 is 0 Å². The number of aromatic nitrogens is 2. The topological polar surface area (TPSA) is 64.0 Å². The zero-order chi connectivity index (χ0) is 18.8. The smallest absolute Gasteiger partial charge is 0.266 e. The highest BCUT2D eigenvalue weighted by atomic mass is 16.1. The highest BCUT2D eigenvalue weighted by Gasteiger charge is 2.14. The Hall–Kier alpha value is -3.73. The third kappa shape index (κ3) is 3.22. The molecule has 27 heavy (non-hydrogen) atoms. The Bertz CT molecular complexity index is 1180. The molecule has 0 aliphatic rings. The van der Waals surface area contributed by atoms with Crippen LogP contribution in [0.15, 0.2) is 83.7 Å². The molecule has 3 aromatic carbocycles. The normalized spacial score (nSPS) is 10.7. The van der Waals surface area contributed by atoms with Crippen LogP contribution in [0.3, 0.4) is 0 Å². The van der Waals surface area contributed by atoms with Crippen molar-refractivity contribution in [3.8, 4) is 17.1 Å². The third-order valence-electron chi connectivity index (χ3n) is 4.25. The molecule has 0 unspecified atom stereocenters. The standard InChI is InChI=1S/C22H17N3O2/c1-15(26)23-17-13-11-16(12-14-17)21-24-20-10-6-5-9-19(20)22(27)25(21)18-7-3-2-4-8-18/h2-14H,1H3,(H,23,26). The van der Waals surface area contributed by atoms with Crippen molar-refractivity contribution in [3.63, 3.8) is 0 Å². The van der Waals surface area contributed by atoms with E-state index in [1.54, 1.807) is 22.8 Å². The van der Waals surface area contributed by atoms with E-state index in [-0.39, 0.29) is 11.5 Å². The maximum Gasteiger partial charge on any atom is 0.266 e. The van der Waals surface area contributed by atoms with Crippen molar-refractivity contribution in [1.29, 1.82) is 0 Å². The molecule has 0 aliphatic heterocycles. The van der Waals surface area contributed by atoms with Gasteiger partial charge in [0.25, 0.3) is 5.56 Å². The highest BCUT2D eigenvalue weighted by Crippen LogP contribution is 2.23. The zero-order valence-electron chi connectivity index (χ0n) is 14.7. The lowest BCUT2D eigenvalue weighted by Gasteiger charge is -2.14. The Kier molecular flexibility index (Phi) is 4.26. The van der Waals surface area contributed by atoms with E-state index in [9.17, 15) is 9.59 Å². The van der Waals surface area contributed by atoms with Gasteiger partial charge < -0.3 is 5.32 Å². The van der Waals surface area contributed by atoms with Gasteiger partial charge in [-0.05, 0) is 48.5 Å². The van der Waals surface area contributed by atoms with Crippen molar-refractivity contribution in [2.24, 2.45) is 0 Å². The van der Waals surface area contributed by atoms with Crippen molar-refractivity contribution in [3.05, 3.63) is 89.2 Å². The molecule has 0 aliphatic carbocycles. The number of carbonyl (C=O) groups excluding carboxylic acids is 1. The Labute approximate surface area is 155 Å². The monoisotopic (exact) mass is 355 g/mol. The summed E-state index contributed by atoms with van der Waals surface area (Å²) in [6, 6.07) is 24.1. The molecule has 0 spiro atoms. The number of para-hydroxylation sites is 2. The summed E-state index contributed by atoms with van der Waals surface area (Å²) in [5, 5.41) is 3.31. The van der Waals surface area contributed by atoms with Crippen LogP contribution in [0.1, 0.15) is 6.92 Å². The van der Waals surface area contributed by atoms with Gasteiger partial charge in [0.2, 0.25) is 5.91 Å². The second-order valence-corrected chi connectivity index (χ2v) is 6.19. The third-order valence-corrected chi connectivity index (χ3v) is 4.25. The molecule has 132 valence electrons. The minimum absolute atomic E-state index is 0.118. The first-order valence-electron chi connectivity index (χ1n) is 8.59. The Morgan fingerprint density at radius 1 is 0.889 bits per heavy atom.